The van der Waals surface area contributed by atoms with Crippen molar-refractivity contribution in [2.24, 2.45) is 13.0 Å². The molecule has 2 aliphatic heterocycles. The van der Waals surface area contributed by atoms with Crippen molar-refractivity contribution < 1.29 is 24.2 Å². The summed E-state index contributed by atoms with van der Waals surface area (Å²) in [6.07, 6.45) is 1.81. The Morgan fingerprint density at radius 2 is 1.70 bits per heavy atom. The number of allylic oxidation sites excluding steroid dienone is 2. The first kappa shape index (κ1) is 30.7. The van der Waals surface area contributed by atoms with Gasteiger partial charge in [0.25, 0.3) is 11.8 Å². The van der Waals surface area contributed by atoms with E-state index in [-0.39, 0.29) is 35.2 Å². The second-order valence-electron chi connectivity index (χ2n) is 11.7. The number of phenols is 1. The number of phenolic OH excluding ortho intramolecular Hbond substituents is 1. The van der Waals surface area contributed by atoms with Gasteiger partial charge < -0.3 is 14.6 Å². The van der Waals surface area contributed by atoms with E-state index in [1.54, 1.807) is 60.7 Å². The van der Waals surface area contributed by atoms with Gasteiger partial charge in [-0.1, -0.05) is 53.5 Å². The van der Waals surface area contributed by atoms with Crippen molar-refractivity contribution >= 4 is 40.7 Å². The summed E-state index contributed by atoms with van der Waals surface area (Å²) >= 11 is 12.6. The Kier molecular flexibility index (Phi) is 7.25. The van der Waals surface area contributed by atoms with Crippen molar-refractivity contribution in [1.29, 1.82) is 0 Å². The van der Waals surface area contributed by atoms with E-state index in [2.05, 4.69) is 5.43 Å². The number of ether oxygens (including phenoxy) is 2. The molecule has 3 heterocycles. The Labute approximate surface area is 277 Å². The Morgan fingerprint density at radius 3 is 2.38 bits per heavy atom. The number of hydrogen-bond donors (Lipinski definition) is 2. The van der Waals surface area contributed by atoms with E-state index in [1.165, 1.54) is 36.7 Å². The Morgan fingerprint density at radius 1 is 0.957 bits per heavy atom. The molecule has 47 heavy (non-hydrogen) atoms. The van der Waals surface area contributed by atoms with Crippen LogP contribution in [0.5, 0.6) is 17.2 Å². The lowest BCUT2D eigenvalue weighted by molar-refractivity contribution is -0.138. The lowest BCUT2D eigenvalue weighted by Crippen LogP contribution is -2.53. The number of rotatable bonds is 6. The Balaban J connectivity index is 1.53. The predicted octanol–water partition coefficient (Wildman–Crippen LogP) is 4.00. The fraction of sp³-hybridized carbons (Fsp3) is 0.273. The zero-order chi connectivity index (χ0) is 33.4. The first-order valence-electron chi connectivity index (χ1n) is 14.7. The molecule has 3 aromatic carbocycles. The number of anilines is 1. The highest BCUT2D eigenvalue weighted by Crippen LogP contribution is 2.63. The molecule has 12 nitrogen and oxygen atoms in total. The van der Waals surface area contributed by atoms with Crippen LogP contribution in [0.3, 0.4) is 0 Å². The summed E-state index contributed by atoms with van der Waals surface area (Å²) in [5, 5.41) is 13.2. The van der Waals surface area contributed by atoms with Crippen molar-refractivity contribution in [3.05, 3.63) is 114 Å². The quantitative estimate of drug-likeness (QED) is 0.231. The predicted molar refractivity (Wildman–Crippen MR) is 173 cm³/mol. The van der Waals surface area contributed by atoms with E-state index < -0.39 is 46.5 Å². The number of carbonyl (C=O) groups excluding carboxylic acids is 2. The van der Waals surface area contributed by atoms with Crippen LogP contribution in [0.4, 0.5) is 5.69 Å². The molecule has 2 N–H and O–H groups in total. The number of hydrogen-bond acceptors (Lipinski definition) is 8. The number of aromatic hydroxyl groups is 1. The van der Waals surface area contributed by atoms with E-state index in [9.17, 15) is 19.5 Å². The minimum Gasteiger partial charge on any atom is -0.504 e. The number of nitrogens with one attached hydrogen (secondary N) is 1. The van der Waals surface area contributed by atoms with Gasteiger partial charge in [0, 0.05) is 23.6 Å². The average Bonchev–Trinajstić information content (AvgIpc) is 3.42. The van der Waals surface area contributed by atoms with Crippen molar-refractivity contribution in [3.8, 4) is 17.2 Å². The van der Waals surface area contributed by atoms with E-state index >= 15 is 4.79 Å². The molecule has 242 valence electrons. The van der Waals surface area contributed by atoms with Crippen LogP contribution in [0, 0.1) is 5.92 Å². The van der Waals surface area contributed by atoms with Gasteiger partial charge in [-0.2, -0.15) is 5.01 Å². The zero-order valence-electron chi connectivity index (χ0n) is 25.4. The van der Waals surface area contributed by atoms with Gasteiger partial charge in [0.15, 0.2) is 11.5 Å². The maximum atomic E-state index is 15.2. The molecule has 2 fully saturated rings. The first-order chi connectivity index (χ1) is 22.5. The van der Waals surface area contributed by atoms with Gasteiger partial charge in [-0.3, -0.25) is 15.0 Å². The fourth-order valence-electron chi connectivity index (χ4n) is 7.50. The molecule has 0 radical (unpaired) electrons. The van der Waals surface area contributed by atoms with Crippen LogP contribution in [-0.2, 0) is 28.6 Å². The number of halogens is 2. The fourth-order valence-corrected chi connectivity index (χ4v) is 7.95. The zero-order valence-corrected chi connectivity index (χ0v) is 27.0. The summed E-state index contributed by atoms with van der Waals surface area (Å²) < 4.78 is 14.6. The molecule has 2 amide bonds. The summed E-state index contributed by atoms with van der Waals surface area (Å²) in [5.41, 5.74) is 1.90. The average molecular weight is 679 g/mol. The molecule has 14 heteroatoms. The van der Waals surface area contributed by atoms with Gasteiger partial charge in [-0.05, 0) is 54.0 Å². The standard InChI is InChI=1S/C33H29Cl2N5O7/c1-37-31(44)38-14-13-20-25(40(38)32(37)45)16-22-29(42)39(36-24-12-9-18(34)15-23(24)35)30(43)33(22,17-7-10-19(46-2)11-8-17)27(20)21-5-4-6-26(47-3)28(21)41/h4-13,15,22,25,27,36,41H,14,16H2,1-3H3/t22-,25+,27+,33+/m0/s1. The SMILES string of the molecule is COc1ccc([C@@]23C(=O)N(Nc4ccc(Cl)cc4Cl)C(=O)[C@@H]2C[C@@H]2C(=CCn4c(=O)n(C)c(=O)n42)[C@@H]3c2cccc(OC)c2O)cc1. The maximum Gasteiger partial charge on any atom is 0.347 e. The molecular weight excluding hydrogens is 649 g/mol. The molecule has 0 unspecified atom stereocenters. The normalized spacial score (nSPS) is 23.1. The van der Waals surface area contributed by atoms with Crippen molar-refractivity contribution in [2.45, 2.75) is 30.3 Å². The lowest BCUT2D eigenvalue weighted by atomic mass is 9.53. The highest BCUT2D eigenvalue weighted by Gasteiger charge is 2.69. The summed E-state index contributed by atoms with van der Waals surface area (Å²) in [6.45, 7) is 0.0375. The third-order valence-electron chi connectivity index (χ3n) is 9.60. The van der Waals surface area contributed by atoms with Gasteiger partial charge >= 0.3 is 11.4 Å². The number of methoxy groups -OCH3 is 2. The van der Waals surface area contributed by atoms with Crippen LogP contribution < -0.4 is 26.3 Å². The maximum absolute atomic E-state index is 15.2. The van der Waals surface area contributed by atoms with Crippen molar-refractivity contribution in [2.75, 3.05) is 19.6 Å². The third kappa shape index (κ3) is 4.27. The number of amides is 2. The molecule has 1 saturated heterocycles. The second kappa shape index (κ2) is 11.1. The van der Waals surface area contributed by atoms with E-state index in [1.807, 2.05) is 0 Å². The minimum atomic E-state index is -1.64. The molecule has 3 aliphatic rings. The highest BCUT2D eigenvalue weighted by atomic mass is 35.5. The molecule has 1 aliphatic carbocycles. The monoisotopic (exact) mass is 677 g/mol. The summed E-state index contributed by atoms with van der Waals surface area (Å²) in [4.78, 5) is 56.4. The van der Waals surface area contributed by atoms with Crippen LogP contribution in [-0.4, -0.2) is 50.1 Å². The largest absolute Gasteiger partial charge is 0.504 e. The van der Waals surface area contributed by atoms with E-state index in [4.69, 9.17) is 32.7 Å². The van der Waals surface area contributed by atoms with Gasteiger partial charge in [0.2, 0.25) is 0 Å². The topological polar surface area (TPSA) is 137 Å². The van der Waals surface area contributed by atoms with Gasteiger partial charge in [0.1, 0.15) is 5.75 Å². The highest BCUT2D eigenvalue weighted by molar-refractivity contribution is 6.36. The van der Waals surface area contributed by atoms with Crippen molar-refractivity contribution in [3.63, 3.8) is 0 Å². The van der Waals surface area contributed by atoms with Crippen LogP contribution >= 0.6 is 23.2 Å². The molecule has 0 spiro atoms. The van der Waals surface area contributed by atoms with Crippen LogP contribution in [0.1, 0.15) is 29.5 Å². The summed E-state index contributed by atoms with van der Waals surface area (Å²) in [6, 6.07) is 15.6. The lowest BCUT2D eigenvalue weighted by Gasteiger charge is -2.49. The number of hydrazine groups is 1. The van der Waals surface area contributed by atoms with Crippen LogP contribution in [0.25, 0.3) is 0 Å². The van der Waals surface area contributed by atoms with Crippen LogP contribution in [0.2, 0.25) is 10.0 Å². The smallest absolute Gasteiger partial charge is 0.347 e. The van der Waals surface area contributed by atoms with Gasteiger partial charge in [0.05, 0.1) is 48.8 Å². The number of nitrogens with zero attached hydrogens (tertiary/aromatic N) is 4. The molecule has 4 aromatic rings. The van der Waals surface area contributed by atoms with Crippen LogP contribution in [0.15, 0.2) is 81.9 Å². The molecule has 7 rings (SSSR count). The number of fused-ring (bicyclic) bond motifs is 4. The second-order valence-corrected chi connectivity index (χ2v) is 12.5. The molecule has 4 atom stereocenters. The first-order valence-corrected chi connectivity index (χ1v) is 15.5. The minimum absolute atomic E-state index is 0.000440. The van der Waals surface area contributed by atoms with Gasteiger partial charge in [-0.25, -0.2) is 23.5 Å². The Bertz CT molecular complexity index is 2120. The number of carbonyl (C=O) groups is 2. The number of aromatic nitrogens is 3. The summed E-state index contributed by atoms with van der Waals surface area (Å²) in [7, 11) is 4.33. The van der Waals surface area contributed by atoms with E-state index in [0.29, 0.717) is 27.5 Å². The van der Waals surface area contributed by atoms with Crippen molar-refractivity contribution in [1.82, 2.24) is 18.9 Å². The number of imide groups is 1. The molecular formula is C33H29Cl2N5O7. The summed E-state index contributed by atoms with van der Waals surface area (Å²) in [5.74, 6) is -2.76. The number of para-hydroxylation sites is 1. The molecule has 1 saturated carbocycles. The van der Waals surface area contributed by atoms with E-state index in [0.717, 1.165) is 9.58 Å². The number of benzene rings is 3. The molecule has 0 bridgehead atoms. The van der Waals surface area contributed by atoms with Gasteiger partial charge in [-0.15, -0.1) is 0 Å². The third-order valence-corrected chi connectivity index (χ3v) is 10.1. The molecule has 1 aromatic heterocycles. The Hall–Kier alpha value is -4.94.